The van der Waals surface area contributed by atoms with Crippen molar-refractivity contribution in [3.8, 4) is 0 Å². The molecule has 1 aromatic rings. The highest BCUT2D eigenvalue weighted by molar-refractivity contribution is 5.98. The Hall–Kier alpha value is -2.05. The molecule has 0 bridgehead atoms. The summed E-state index contributed by atoms with van der Waals surface area (Å²) in [5.41, 5.74) is 5.16. The molecule has 1 heterocycles. The van der Waals surface area contributed by atoms with Gasteiger partial charge in [0.2, 0.25) is 0 Å². The lowest BCUT2D eigenvalue weighted by Gasteiger charge is -2.35. The van der Waals surface area contributed by atoms with E-state index in [-0.39, 0.29) is 24.1 Å². The first kappa shape index (κ1) is 12.4. The molecular formula is C11H11F2N3O2. The molecule has 0 aliphatic heterocycles. The maximum Gasteiger partial charge on any atom is 0.267 e. The first-order valence-electron chi connectivity index (χ1n) is 5.32. The molecule has 18 heavy (non-hydrogen) atoms. The van der Waals surface area contributed by atoms with Crippen LogP contribution in [0.15, 0.2) is 18.3 Å². The Labute approximate surface area is 101 Å². The summed E-state index contributed by atoms with van der Waals surface area (Å²) in [5, 5.41) is 2.46. The monoisotopic (exact) mass is 255 g/mol. The smallest absolute Gasteiger partial charge is 0.267 e. The number of halogens is 2. The molecule has 0 radical (unpaired) electrons. The van der Waals surface area contributed by atoms with Crippen molar-refractivity contribution in [2.75, 3.05) is 0 Å². The van der Waals surface area contributed by atoms with Gasteiger partial charge in [-0.1, -0.05) is 0 Å². The average Bonchev–Trinajstić information content (AvgIpc) is 2.26. The molecule has 1 saturated carbocycles. The van der Waals surface area contributed by atoms with Gasteiger partial charge in [-0.25, -0.2) is 8.78 Å². The normalized spacial score (nSPS) is 17.9. The molecule has 96 valence electrons. The van der Waals surface area contributed by atoms with Crippen molar-refractivity contribution < 1.29 is 18.4 Å². The van der Waals surface area contributed by atoms with Gasteiger partial charge in [0.15, 0.2) is 0 Å². The number of nitrogens with zero attached hydrogens (tertiary/aromatic N) is 1. The van der Waals surface area contributed by atoms with Crippen molar-refractivity contribution in [1.29, 1.82) is 0 Å². The van der Waals surface area contributed by atoms with Crippen LogP contribution in [0.3, 0.4) is 0 Å². The Morgan fingerprint density at radius 3 is 2.67 bits per heavy atom. The van der Waals surface area contributed by atoms with E-state index in [1.807, 2.05) is 0 Å². The fourth-order valence-corrected chi connectivity index (χ4v) is 1.74. The molecule has 5 nitrogen and oxygen atoms in total. The summed E-state index contributed by atoms with van der Waals surface area (Å²) in [6.07, 6.45) is 0.559. The molecule has 1 aliphatic carbocycles. The molecule has 1 fully saturated rings. The van der Waals surface area contributed by atoms with Crippen LogP contribution in [-0.2, 0) is 0 Å². The molecule has 3 N–H and O–H groups in total. The van der Waals surface area contributed by atoms with E-state index >= 15 is 0 Å². The Bertz CT molecular complexity index is 497. The van der Waals surface area contributed by atoms with Gasteiger partial charge < -0.3 is 11.1 Å². The summed E-state index contributed by atoms with van der Waals surface area (Å²) >= 11 is 0. The largest absolute Gasteiger partial charge is 0.364 e. The van der Waals surface area contributed by atoms with Crippen LogP contribution >= 0.6 is 0 Å². The van der Waals surface area contributed by atoms with Crippen molar-refractivity contribution in [3.05, 3.63) is 29.6 Å². The molecule has 0 atom stereocenters. The van der Waals surface area contributed by atoms with E-state index in [9.17, 15) is 18.4 Å². The number of rotatable bonds is 3. The SMILES string of the molecule is NC(=O)c1cc(C(=O)NC2CC(F)(F)C2)ccn1. The van der Waals surface area contributed by atoms with Crippen LogP contribution in [0.5, 0.6) is 0 Å². The van der Waals surface area contributed by atoms with Crippen molar-refractivity contribution in [3.63, 3.8) is 0 Å². The predicted octanol–water partition coefficient (Wildman–Crippen LogP) is 0.708. The number of primary amides is 1. The van der Waals surface area contributed by atoms with E-state index in [4.69, 9.17) is 5.73 Å². The lowest BCUT2D eigenvalue weighted by molar-refractivity contribution is -0.0901. The van der Waals surface area contributed by atoms with Crippen molar-refractivity contribution >= 4 is 11.8 Å². The fourth-order valence-electron chi connectivity index (χ4n) is 1.74. The summed E-state index contributed by atoms with van der Waals surface area (Å²) in [6.45, 7) is 0. The number of amides is 2. The zero-order valence-electron chi connectivity index (χ0n) is 9.32. The summed E-state index contributed by atoms with van der Waals surface area (Å²) in [5.74, 6) is -3.95. The summed E-state index contributed by atoms with van der Waals surface area (Å²) in [6, 6.07) is 2.09. The van der Waals surface area contributed by atoms with E-state index < -0.39 is 23.8 Å². The fraction of sp³-hybridized carbons (Fsp3) is 0.364. The van der Waals surface area contributed by atoms with Gasteiger partial charge in [0.05, 0.1) is 0 Å². The van der Waals surface area contributed by atoms with E-state index in [1.54, 1.807) is 0 Å². The van der Waals surface area contributed by atoms with Gasteiger partial charge in [-0.2, -0.15) is 0 Å². The molecule has 7 heteroatoms. The second-order valence-electron chi connectivity index (χ2n) is 4.23. The van der Waals surface area contributed by atoms with Crippen LogP contribution in [0, 0.1) is 0 Å². The van der Waals surface area contributed by atoms with Gasteiger partial charge in [0.1, 0.15) is 5.69 Å². The number of carbonyl (C=O) groups is 2. The third-order valence-corrected chi connectivity index (χ3v) is 2.70. The quantitative estimate of drug-likeness (QED) is 0.834. The molecule has 1 aromatic heterocycles. The predicted molar refractivity (Wildman–Crippen MR) is 58.2 cm³/mol. The molecule has 0 saturated heterocycles. The average molecular weight is 255 g/mol. The zero-order chi connectivity index (χ0) is 13.3. The third kappa shape index (κ3) is 2.61. The molecule has 2 rings (SSSR count). The van der Waals surface area contributed by atoms with Crippen molar-refractivity contribution in [2.24, 2.45) is 5.73 Å². The van der Waals surface area contributed by atoms with E-state index in [0.717, 1.165) is 0 Å². The minimum atomic E-state index is -2.69. The molecule has 0 aromatic carbocycles. The molecule has 1 aliphatic rings. The summed E-state index contributed by atoms with van der Waals surface area (Å²) < 4.78 is 25.2. The number of carbonyl (C=O) groups excluding carboxylic acids is 2. The highest BCUT2D eigenvalue weighted by atomic mass is 19.3. The number of hydrogen-bond donors (Lipinski definition) is 2. The molecule has 0 unspecified atom stereocenters. The molecular weight excluding hydrogens is 244 g/mol. The van der Waals surface area contributed by atoms with Crippen LogP contribution in [0.25, 0.3) is 0 Å². The molecule has 0 spiro atoms. The number of nitrogens with two attached hydrogens (primary N) is 1. The number of alkyl halides is 2. The molecule has 2 amide bonds. The summed E-state index contributed by atoms with van der Waals surface area (Å²) in [7, 11) is 0. The van der Waals surface area contributed by atoms with Crippen molar-refractivity contribution in [2.45, 2.75) is 24.8 Å². The first-order valence-corrected chi connectivity index (χ1v) is 5.32. The van der Waals surface area contributed by atoms with Crippen LogP contribution in [0.1, 0.15) is 33.7 Å². The van der Waals surface area contributed by atoms with Crippen molar-refractivity contribution in [1.82, 2.24) is 10.3 Å². The van der Waals surface area contributed by atoms with Crippen LogP contribution in [0.2, 0.25) is 0 Å². The Balaban J connectivity index is 2.01. The van der Waals surface area contributed by atoms with E-state index in [0.29, 0.717) is 0 Å². The Morgan fingerprint density at radius 1 is 1.44 bits per heavy atom. The Kier molecular flexibility index (Phi) is 2.98. The zero-order valence-corrected chi connectivity index (χ0v) is 9.32. The standard InChI is InChI=1S/C11H11F2N3O2/c12-11(13)4-7(5-11)16-10(18)6-1-2-15-8(3-6)9(14)17/h1-3,7H,4-5H2,(H2,14,17)(H,16,18). The maximum absolute atomic E-state index is 12.6. The summed E-state index contributed by atoms with van der Waals surface area (Å²) in [4.78, 5) is 26.3. The second-order valence-corrected chi connectivity index (χ2v) is 4.23. The highest BCUT2D eigenvalue weighted by Gasteiger charge is 2.45. The van der Waals surface area contributed by atoms with Crippen LogP contribution < -0.4 is 11.1 Å². The van der Waals surface area contributed by atoms with Gasteiger partial charge >= 0.3 is 0 Å². The van der Waals surface area contributed by atoms with Crippen LogP contribution in [-0.4, -0.2) is 28.8 Å². The van der Waals surface area contributed by atoms with E-state index in [2.05, 4.69) is 10.3 Å². The lowest BCUT2D eigenvalue weighted by Crippen LogP contribution is -2.50. The van der Waals surface area contributed by atoms with E-state index in [1.165, 1.54) is 18.3 Å². The topological polar surface area (TPSA) is 85.1 Å². The number of hydrogen-bond acceptors (Lipinski definition) is 3. The van der Waals surface area contributed by atoms with Gasteiger partial charge in [0, 0.05) is 30.6 Å². The third-order valence-electron chi connectivity index (χ3n) is 2.70. The highest BCUT2D eigenvalue weighted by Crippen LogP contribution is 2.37. The number of pyridine rings is 1. The van der Waals surface area contributed by atoms with Crippen LogP contribution in [0.4, 0.5) is 8.78 Å². The van der Waals surface area contributed by atoms with Gasteiger partial charge in [-0.3, -0.25) is 14.6 Å². The first-order chi connectivity index (χ1) is 8.37. The Morgan fingerprint density at radius 2 is 2.11 bits per heavy atom. The number of nitrogens with one attached hydrogen (secondary N) is 1. The minimum absolute atomic E-state index is 0.0402. The van der Waals surface area contributed by atoms with Gasteiger partial charge in [0.25, 0.3) is 17.7 Å². The second kappa shape index (κ2) is 4.32. The number of aromatic nitrogens is 1. The minimum Gasteiger partial charge on any atom is -0.364 e. The van der Waals surface area contributed by atoms with Gasteiger partial charge in [-0.05, 0) is 12.1 Å². The lowest BCUT2D eigenvalue weighted by atomic mass is 9.88. The van der Waals surface area contributed by atoms with Gasteiger partial charge in [-0.15, -0.1) is 0 Å². The maximum atomic E-state index is 12.6.